The minimum atomic E-state index is -0.924. The number of carboxylic acid groups (broad SMARTS) is 1. The predicted molar refractivity (Wildman–Crippen MR) is 65.8 cm³/mol. The molecule has 3 heteroatoms. The van der Waals surface area contributed by atoms with Crippen molar-refractivity contribution in [3.05, 3.63) is 48.0 Å². The summed E-state index contributed by atoms with van der Waals surface area (Å²) in [4.78, 5) is 21.5. The van der Waals surface area contributed by atoms with Gasteiger partial charge in [0.2, 0.25) is 0 Å². The van der Waals surface area contributed by atoms with Gasteiger partial charge in [-0.1, -0.05) is 42.5 Å². The van der Waals surface area contributed by atoms with Crippen LogP contribution in [0.4, 0.5) is 0 Å². The summed E-state index contributed by atoms with van der Waals surface area (Å²) < 4.78 is 0. The fourth-order valence-corrected chi connectivity index (χ4v) is 1.40. The molecule has 0 aliphatic heterocycles. The monoisotopic (exact) mass is 232 g/mol. The van der Waals surface area contributed by atoms with Crippen molar-refractivity contribution in [2.45, 2.75) is 25.7 Å². The van der Waals surface area contributed by atoms with E-state index in [0.29, 0.717) is 6.42 Å². The lowest BCUT2D eigenvalue weighted by Gasteiger charge is -1.95. The highest BCUT2D eigenvalue weighted by Gasteiger charge is 2.02. The van der Waals surface area contributed by atoms with E-state index in [4.69, 9.17) is 5.11 Å². The van der Waals surface area contributed by atoms with E-state index in [1.165, 1.54) is 5.56 Å². The zero-order valence-corrected chi connectivity index (χ0v) is 9.63. The first-order chi connectivity index (χ1) is 8.18. The molecule has 0 spiro atoms. The van der Waals surface area contributed by atoms with Crippen LogP contribution in [0, 0.1) is 0 Å². The zero-order valence-electron chi connectivity index (χ0n) is 9.63. The van der Waals surface area contributed by atoms with Crippen LogP contribution in [-0.2, 0) is 16.0 Å². The van der Waals surface area contributed by atoms with E-state index in [2.05, 4.69) is 0 Å². The molecule has 0 aromatic heterocycles. The van der Waals surface area contributed by atoms with E-state index in [1.54, 1.807) is 6.08 Å². The summed E-state index contributed by atoms with van der Waals surface area (Å²) in [7, 11) is 0. The fourth-order valence-electron chi connectivity index (χ4n) is 1.40. The molecule has 0 heterocycles. The van der Waals surface area contributed by atoms with Crippen LogP contribution in [0.5, 0.6) is 0 Å². The maximum atomic E-state index is 11.2. The van der Waals surface area contributed by atoms with Gasteiger partial charge in [-0.2, -0.15) is 0 Å². The molecule has 0 amide bonds. The largest absolute Gasteiger partial charge is 0.481 e. The number of hydrogen-bond donors (Lipinski definition) is 1. The standard InChI is InChI=1S/C14H16O3/c15-13(10-11-14(16)17)9-5-4-8-12-6-2-1-3-7-12/h1-7H,8-11H2,(H,16,17)/b5-4+. The molecule has 0 aliphatic rings. The zero-order chi connectivity index (χ0) is 12.5. The third-order valence-electron chi connectivity index (χ3n) is 2.33. The third-order valence-corrected chi connectivity index (χ3v) is 2.33. The summed E-state index contributed by atoms with van der Waals surface area (Å²) >= 11 is 0. The number of aliphatic carboxylic acids is 1. The van der Waals surface area contributed by atoms with Crippen LogP contribution in [0.2, 0.25) is 0 Å². The van der Waals surface area contributed by atoms with Gasteiger partial charge in [0.05, 0.1) is 6.42 Å². The lowest BCUT2D eigenvalue weighted by Crippen LogP contribution is -2.01. The van der Waals surface area contributed by atoms with Gasteiger partial charge in [-0.05, 0) is 12.0 Å². The van der Waals surface area contributed by atoms with Gasteiger partial charge in [0.1, 0.15) is 5.78 Å². The summed E-state index contributed by atoms with van der Waals surface area (Å²) in [6.45, 7) is 0. The number of hydrogen-bond acceptors (Lipinski definition) is 2. The average molecular weight is 232 g/mol. The number of rotatable bonds is 7. The second kappa shape index (κ2) is 7.39. The first-order valence-corrected chi connectivity index (χ1v) is 5.61. The van der Waals surface area contributed by atoms with Crippen molar-refractivity contribution < 1.29 is 14.7 Å². The molecule has 3 nitrogen and oxygen atoms in total. The molecule has 0 bridgehead atoms. The lowest BCUT2D eigenvalue weighted by molar-refractivity contribution is -0.138. The van der Waals surface area contributed by atoms with E-state index in [-0.39, 0.29) is 18.6 Å². The molecule has 17 heavy (non-hydrogen) atoms. The fraction of sp³-hybridized carbons (Fsp3) is 0.286. The molecule has 0 atom stereocenters. The smallest absolute Gasteiger partial charge is 0.303 e. The van der Waals surface area contributed by atoms with Crippen LogP contribution in [-0.4, -0.2) is 16.9 Å². The van der Waals surface area contributed by atoms with Gasteiger partial charge in [-0.15, -0.1) is 0 Å². The Balaban J connectivity index is 2.22. The van der Waals surface area contributed by atoms with Crippen LogP contribution in [0.1, 0.15) is 24.8 Å². The van der Waals surface area contributed by atoms with Crippen molar-refractivity contribution in [1.29, 1.82) is 0 Å². The van der Waals surface area contributed by atoms with Crippen molar-refractivity contribution in [1.82, 2.24) is 0 Å². The van der Waals surface area contributed by atoms with Crippen molar-refractivity contribution in [3.63, 3.8) is 0 Å². The van der Waals surface area contributed by atoms with Crippen molar-refractivity contribution in [2.75, 3.05) is 0 Å². The van der Waals surface area contributed by atoms with Gasteiger partial charge in [0.25, 0.3) is 0 Å². The van der Waals surface area contributed by atoms with Crippen molar-refractivity contribution >= 4 is 11.8 Å². The summed E-state index contributed by atoms with van der Waals surface area (Å²) in [6, 6.07) is 9.96. The number of carbonyl (C=O) groups excluding carboxylic acids is 1. The molecule has 1 N–H and O–H groups in total. The molecule has 0 radical (unpaired) electrons. The molecule has 0 aliphatic carbocycles. The Morgan fingerprint density at radius 1 is 1.06 bits per heavy atom. The Labute approximate surface area is 101 Å². The molecule has 1 aromatic rings. The minimum Gasteiger partial charge on any atom is -0.481 e. The first kappa shape index (κ1) is 13.2. The number of benzene rings is 1. The van der Waals surface area contributed by atoms with E-state index in [9.17, 15) is 9.59 Å². The van der Waals surface area contributed by atoms with E-state index in [1.807, 2.05) is 36.4 Å². The number of ketones is 1. The summed E-state index contributed by atoms with van der Waals surface area (Å²) in [6.07, 6.45) is 4.90. The van der Waals surface area contributed by atoms with Gasteiger partial charge in [0, 0.05) is 12.8 Å². The molecule has 1 rings (SSSR count). The Morgan fingerprint density at radius 3 is 2.41 bits per heavy atom. The highest BCUT2D eigenvalue weighted by atomic mass is 16.4. The molecule has 0 unspecified atom stereocenters. The molecular formula is C14H16O3. The predicted octanol–water partition coefficient (Wildman–Crippen LogP) is 2.61. The first-order valence-electron chi connectivity index (χ1n) is 5.61. The average Bonchev–Trinajstić information content (AvgIpc) is 2.33. The van der Waals surface area contributed by atoms with Crippen molar-refractivity contribution in [2.24, 2.45) is 0 Å². The highest BCUT2D eigenvalue weighted by Crippen LogP contribution is 2.02. The van der Waals surface area contributed by atoms with Gasteiger partial charge in [0.15, 0.2) is 0 Å². The summed E-state index contributed by atoms with van der Waals surface area (Å²) in [5.41, 5.74) is 1.20. The molecule has 1 aromatic carbocycles. The van der Waals surface area contributed by atoms with Gasteiger partial charge in [-0.25, -0.2) is 0 Å². The van der Waals surface area contributed by atoms with Crippen molar-refractivity contribution in [3.8, 4) is 0 Å². The Morgan fingerprint density at radius 2 is 1.76 bits per heavy atom. The Bertz CT molecular complexity index is 393. The van der Waals surface area contributed by atoms with E-state index in [0.717, 1.165) is 6.42 Å². The highest BCUT2D eigenvalue weighted by molar-refractivity contribution is 5.83. The second-order valence-electron chi connectivity index (χ2n) is 3.80. The number of carboxylic acids is 1. The van der Waals surface area contributed by atoms with Gasteiger partial charge >= 0.3 is 5.97 Å². The molecule has 0 saturated heterocycles. The second-order valence-corrected chi connectivity index (χ2v) is 3.80. The SMILES string of the molecule is O=C(O)CCC(=O)C/C=C/Cc1ccccc1. The third kappa shape index (κ3) is 6.30. The number of allylic oxidation sites excluding steroid dienone is 2. The molecular weight excluding hydrogens is 216 g/mol. The van der Waals surface area contributed by atoms with Crippen LogP contribution >= 0.6 is 0 Å². The number of Topliss-reactive ketones (excluding diaryl/α,β-unsaturated/α-hetero) is 1. The normalized spacial score (nSPS) is 10.6. The maximum absolute atomic E-state index is 11.2. The summed E-state index contributed by atoms with van der Waals surface area (Å²) in [5, 5.41) is 8.41. The van der Waals surface area contributed by atoms with E-state index < -0.39 is 5.97 Å². The van der Waals surface area contributed by atoms with E-state index >= 15 is 0 Å². The van der Waals surface area contributed by atoms with Crippen LogP contribution in [0.3, 0.4) is 0 Å². The lowest BCUT2D eigenvalue weighted by atomic mass is 10.1. The minimum absolute atomic E-state index is 0.0308. The Hall–Kier alpha value is -1.90. The van der Waals surface area contributed by atoms with Crippen LogP contribution in [0.25, 0.3) is 0 Å². The summed E-state index contributed by atoms with van der Waals surface area (Å²) in [5.74, 6) is -0.955. The molecule has 0 fully saturated rings. The quantitative estimate of drug-likeness (QED) is 0.735. The molecule has 0 saturated carbocycles. The molecule has 90 valence electrons. The maximum Gasteiger partial charge on any atom is 0.303 e. The van der Waals surface area contributed by atoms with Gasteiger partial charge < -0.3 is 5.11 Å². The van der Waals surface area contributed by atoms with Gasteiger partial charge in [-0.3, -0.25) is 9.59 Å². The topological polar surface area (TPSA) is 54.4 Å². The number of carbonyl (C=O) groups is 2. The Kier molecular flexibility index (Phi) is 5.72. The van der Waals surface area contributed by atoms with Crippen LogP contribution < -0.4 is 0 Å². The van der Waals surface area contributed by atoms with Crippen LogP contribution in [0.15, 0.2) is 42.5 Å².